The van der Waals surface area contributed by atoms with Gasteiger partial charge in [-0.2, -0.15) is 0 Å². The highest BCUT2D eigenvalue weighted by atomic mass is 16.7. The van der Waals surface area contributed by atoms with Gasteiger partial charge in [-0.1, -0.05) is 18.5 Å². The summed E-state index contributed by atoms with van der Waals surface area (Å²) < 4.78 is 17.3. The lowest BCUT2D eigenvalue weighted by Crippen LogP contribution is -2.43. The van der Waals surface area contributed by atoms with Crippen LogP contribution in [0.3, 0.4) is 0 Å². The van der Waals surface area contributed by atoms with Gasteiger partial charge in [0.2, 0.25) is 0 Å². The van der Waals surface area contributed by atoms with Crippen LogP contribution >= 0.6 is 0 Å². The largest absolute Gasteiger partial charge is 0.486 e. The number of hydrogen-bond acceptors (Lipinski definition) is 4. The number of alkyl carbamates (subject to hydrolysis) is 1. The number of hydrogen-bond donors (Lipinski definition) is 1. The lowest BCUT2D eigenvalue weighted by Gasteiger charge is -2.39. The first-order chi connectivity index (χ1) is 10.8. The summed E-state index contributed by atoms with van der Waals surface area (Å²) >= 11 is 0. The van der Waals surface area contributed by atoms with Crippen LogP contribution in [-0.2, 0) is 14.0 Å². The maximum Gasteiger partial charge on any atom is 0.486 e. The Morgan fingerprint density at radius 2 is 1.71 bits per heavy atom. The van der Waals surface area contributed by atoms with Crippen molar-refractivity contribution in [2.24, 2.45) is 5.41 Å². The highest BCUT2D eigenvalue weighted by molar-refractivity contribution is 6.51. The molecule has 1 saturated heterocycles. The Kier molecular flexibility index (Phi) is 5.13. The summed E-state index contributed by atoms with van der Waals surface area (Å²) in [5.41, 5.74) is -1.15. The molecule has 0 aromatic rings. The Labute approximate surface area is 146 Å². The van der Waals surface area contributed by atoms with E-state index in [0.717, 1.165) is 12.8 Å². The molecule has 0 unspecified atom stereocenters. The van der Waals surface area contributed by atoms with Crippen LogP contribution in [-0.4, -0.2) is 36.6 Å². The third-order valence-electron chi connectivity index (χ3n) is 5.21. The van der Waals surface area contributed by atoms with Crippen molar-refractivity contribution in [1.29, 1.82) is 0 Å². The van der Waals surface area contributed by atoms with Gasteiger partial charge >= 0.3 is 13.2 Å². The van der Waals surface area contributed by atoms with E-state index in [9.17, 15) is 4.79 Å². The Hall–Kier alpha value is -1.01. The van der Waals surface area contributed by atoms with Gasteiger partial charge < -0.3 is 19.4 Å². The summed E-state index contributed by atoms with van der Waals surface area (Å²) in [6, 6.07) is 0. The predicted molar refractivity (Wildman–Crippen MR) is 95.7 cm³/mol. The molecule has 5 nitrogen and oxygen atoms in total. The Balaban J connectivity index is 1.91. The zero-order valence-electron chi connectivity index (χ0n) is 16.2. The molecule has 6 heteroatoms. The van der Waals surface area contributed by atoms with Crippen LogP contribution in [0.25, 0.3) is 0 Å². The molecule has 0 aromatic carbocycles. The molecule has 24 heavy (non-hydrogen) atoms. The minimum absolute atomic E-state index is 0.0134. The molecule has 0 bridgehead atoms. The molecule has 136 valence electrons. The van der Waals surface area contributed by atoms with Gasteiger partial charge in [-0.25, -0.2) is 4.79 Å². The van der Waals surface area contributed by atoms with Crippen LogP contribution in [0.4, 0.5) is 4.79 Å². The lowest BCUT2D eigenvalue weighted by atomic mass is 9.67. The summed E-state index contributed by atoms with van der Waals surface area (Å²) in [7, 11) is -0.339. The van der Waals surface area contributed by atoms with Crippen molar-refractivity contribution in [3.8, 4) is 0 Å². The van der Waals surface area contributed by atoms with Gasteiger partial charge in [0.25, 0.3) is 0 Å². The van der Waals surface area contributed by atoms with Crippen molar-refractivity contribution in [2.45, 2.75) is 84.5 Å². The zero-order chi connectivity index (χ0) is 18.2. The van der Waals surface area contributed by atoms with Crippen molar-refractivity contribution >= 4 is 13.2 Å². The molecular weight excluding hydrogens is 305 g/mol. The van der Waals surface area contributed by atoms with E-state index in [4.69, 9.17) is 14.0 Å². The molecule has 0 aromatic heterocycles. The quantitative estimate of drug-likeness (QED) is 0.791. The van der Waals surface area contributed by atoms with Gasteiger partial charge in [0, 0.05) is 12.0 Å². The van der Waals surface area contributed by atoms with Crippen LogP contribution in [0.5, 0.6) is 0 Å². The van der Waals surface area contributed by atoms with Crippen molar-refractivity contribution < 1.29 is 18.8 Å². The summed E-state index contributed by atoms with van der Waals surface area (Å²) in [5.74, 6) is 1.99. The van der Waals surface area contributed by atoms with Crippen LogP contribution in [0.15, 0.2) is 12.1 Å². The first kappa shape index (κ1) is 19.3. The smallest absolute Gasteiger partial charge is 0.444 e. The maximum atomic E-state index is 11.9. The number of rotatable bonds is 4. The van der Waals surface area contributed by atoms with Crippen LogP contribution in [0.1, 0.15) is 67.7 Å². The van der Waals surface area contributed by atoms with Gasteiger partial charge in [-0.3, -0.25) is 0 Å². The average Bonchev–Trinajstić information content (AvgIpc) is 2.53. The second-order valence-electron chi connectivity index (χ2n) is 9.06. The summed E-state index contributed by atoms with van der Waals surface area (Å²) in [5, 5.41) is 2.90. The molecule has 1 saturated carbocycles. The van der Waals surface area contributed by atoms with E-state index in [-0.39, 0.29) is 29.8 Å². The molecule has 1 aliphatic heterocycles. The normalized spacial score (nSPS) is 24.7. The number of carbonyl (C=O) groups is 1. The highest BCUT2D eigenvalue weighted by Crippen LogP contribution is 2.43. The van der Waals surface area contributed by atoms with Gasteiger partial charge in [-0.05, 0) is 61.3 Å². The molecule has 1 heterocycles. The molecule has 2 fully saturated rings. The summed E-state index contributed by atoms with van der Waals surface area (Å²) in [4.78, 5) is 11.9. The molecule has 0 spiro atoms. The second kappa shape index (κ2) is 6.38. The third kappa shape index (κ3) is 4.54. The fourth-order valence-corrected chi connectivity index (χ4v) is 2.85. The molecule has 1 aliphatic carbocycles. The fourth-order valence-electron chi connectivity index (χ4n) is 2.85. The Bertz CT molecular complexity index is 488. The van der Waals surface area contributed by atoms with E-state index in [1.54, 1.807) is 0 Å². The van der Waals surface area contributed by atoms with Crippen molar-refractivity contribution in [1.82, 2.24) is 5.32 Å². The topological polar surface area (TPSA) is 56.8 Å². The number of carbonyl (C=O) groups excluding carboxylic acids is 1. The molecule has 0 radical (unpaired) electrons. The number of nitrogens with one attached hydrogen (secondary N) is 1. The first-order valence-corrected chi connectivity index (χ1v) is 8.86. The zero-order valence-corrected chi connectivity index (χ0v) is 16.2. The standard InChI is InChI=1S/C18H32BNO4/c1-15(2,3)22-14(21)20-13-18(9-8-10-18)11-12-19-23-16(4,5)17(6,7)24-19/h11-12H,8-10,13H2,1-7H3,(H,20,21)/b12-11+. The first-order valence-electron chi connectivity index (χ1n) is 8.86. The average molecular weight is 337 g/mol. The third-order valence-corrected chi connectivity index (χ3v) is 5.21. The minimum atomic E-state index is -0.477. The molecule has 2 rings (SSSR count). The molecule has 1 amide bonds. The van der Waals surface area contributed by atoms with E-state index in [1.165, 1.54) is 6.42 Å². The number of amides is 1. The summed E-state index contributed by atoms with van der Waals surface area (Å²) in [6.45, 7) is 14.4. The van der Waals surface area contributed by atoms with E-state index >= 15 is 0 Å². The SMILES string of the molecule is CC(C)(C)OC(=O)NCC1(/C=C/B2OC(C)(C)C(C)(C)O2)CCC1. The van der Waals surface area contributed by atoms with Crippen molar-refractivity contribution in [3.63, 3.8) is 0 Å². The second-order valence-corrected chi connectivity index (χ2v) is 9.06. The Morgan fingerprint density at radius 1 is 1.17 bits per heavy atom. The minimum Gasteiger partial charge on any atom is -0.444 e. The number of ether oxygens (including phenoxy) is 1. The Morgan fingerprint density at radius 3 is 2.12 bits per heavy atom. The van der Waals surface area contributed by atoms with E-state index in [0.29, 0.717) is 6.54 Å². The van der Waals surface area contributed by atoms with E-state index in [2.05, 4.69) is 11.4 Å². The van der Waals surface area contributed by atoms with Gasteiger partial charge in [0.1, 0.15) is 5.60 Å². The van der Waals surface area contributed by atoms with Crippen molar-refractivity contribution in [2.75, 3.05) is 6.54 Å². The highest BCUT2D eigenvalue weighted by Gasteiger charge is 2.50. The van der Waals surface area contributed by atoms with Crippen LogP contribution < -0.4 is 5.32 Å². The molecule has 0 atom stereocenters. The molecule has 1 N–H and O–H groups in total. The van der Waals surface area contributed by atoms with Crippen LogP contribution in [0, 0.1) is 5.41 Å². The van der Waals surface area contributed by atoms with E-state index in [1.807, 2.05) is 54.4 Å². The van der Waals surface area contributed by atoms with Crippen molar-refractivity contribution in [3.05, 3.63) is 12.1 Å². The van der Waals surface area contributed by atoms with E-state index < -0.39 is 5.60 Å². The lowest BCUT2D eigenvalue weighted by molar-refractivity contribution is 0.00578. The fraction of sp³-hybridized carbons (Fsp3) is 0.833. The van der Waals surface area contributed by atoms with Gasteiger partial charge in [0.15, 0.2) is 0 Å². The molecule has 2 aliphatic rings. The van der Waals surface area contributed by atoms with Gasteiger partial charge in [0.05, 0.1) is 11.2 Å². The maximum absolute atomic E-state index is 11.9. The summed E-state index contributed by atoms with van der Waals surface area (Å²) in [6.07, 6.45) is 5.06. The predicted octanol–water partition coefficient (Wildman–Crippen LogP) is 3.87. The van der Waals surface area contributed by atoms with Crippen LogP contribution in [0.2, 0.25) is 0 Å². The molecular formula is C18H32BNO4. The van der Waals surface area contributed by atoms with Gasteiger partial charge in [-0.15, -0.1) is 0 Å². The monoisotopic (exact) mass is 337 g/mol.